The van der Waals surface area contributed by atoms with Crippen molar-refractivity contribution in [3.63, 3.8) is 0 Å². The summed E-state index contributed by atoms with van der Waals surface area (Å²) < 4.78 is 5.14. The van der Waals surface area contributed by atoms with Crippen LogP contribution in [0.5, 0.6) is 0 Å². The zero-order chi connectivity index (χ0) is 17.7. The van der Waals surface area contributed by atoms with Crippen molar-refractivity contribution in [2.24, 2.45) is 5.41 Å². The van der Waals surface area contributed by atoms with Crippen molar-refractivity contribution in [1.29, 1.82) is 0 Å². The van der Waals surface area contributed by atoms with E-state index >= 15 is 0 Å². The molecule has 1 aromatic carbocycles. The smallest absolute Gasteiger partial charge is 0.252 e. The highest BCUT2D eigenvalue weighted by Crippen LogP contribution is 2.28. The highest BCUT2D eigenvalue weighted by atomic mass is 32.2. The maximum Gasteiger partial charge on any atom is 0.252 e. The lowest BCUT2D eigenvalue weighted by Crippen LogP contribution is -2.43. The lowest BCUT2D eigenvalue weighted by molar-refractivity contribution is 0.0919. The first-order chi connectivity index (χ1) is 12.1. The third kappa shape index (κ3) is 4.83. The fourth-order valence-corrected chi connectivity index (χ4v) is 3.80. The van der Waals surface area contributed by atoms with Crippen molar-refractivity contribution in [3.8, 4) is 0 Å². The molecule has 0 atom stereocenters. The minimum absolute atomic E-state index is 0.0235. The molecule has 2 N–H and O–H groups in total. The molecule has 0 unspecified atom stereocenters. The highest BCUT2D eigenvalue weighted by molar-refractivity contribution is 7.98. The zero-order valence-corrected chi connectivity index (χ0v) is 15.5. The molecule has 1 aliphatic rings. The van der Waals surface area contributed by atoms with Gasteiger partial charge in [-0.25, -0.2) is 0 Å². The van der Waals surface area contributed by atoms with Crippen molar-refractivity contribution in [2.75, 3.05) is 19.6 Å². The number of benzene rings is 1. The highest BCUT2D eigenvalue weighted by Gasteiger charge is 2.27. The number of carbonyl (C=O) groups is 1. The number of hydrogen-bond donors (Lipinski definition) is 2. The molecular weight excluding hydrogens is 336 g/mol. The number of piperidine rings is 1. The topological polar surface area (TPSA) is 80.0 Å². The number of carbonyl (C=O) groups excluding carboxylic acids is 1. The van der Waals surface area contributed by atoms with Gasteiger partial charge in [-0.2, -0.15) is 4.98 Å². The molecule has 0 spiro atoms. The first-order valence-corrected chi connectivity index (χ1v) is 9.54. The summed E-state index contributed by atoms with van der Waals surface area (Å²) in [6.45, 7) is 6.77. The Hall–Kier alpha value is -1.86. The van der Waals surface area contributed by atoms with Gasteiger partial charge < -0.3 is 15.2 Å². The molecule has 0 saturated carbocycles. The van der Waals surface area contributed by atoms with Crippen LogP contribution in [-0.4, -0.2) is 35.7 Å². The fraction of sp³-hybridized carbons (Fsp3) is 0.500. The number of aromatic nitrogens is 2. The van der Waals surface area contributed by atoms with Gasteiger partial charge in [-0.15, -0.1) is 11.8 Å². The van der Waals surface area contributed by atoms with Gasteiger partial charge in [0.25, 0.3) is 5.91 Å². The number of nitrogens with zero attached hydrogens (tertiary/aromatic N) is 2. The third-order valence-corrected chi connectivity index (χ3v) is 5.60. The van der Waals surface area contributed by atoms with Gasteiger partial charge in [-0.05, 0) is 50.4 Å². The molecule has 6 nitrogen and oxygen atoms in total. The van der Waals surface area contributed by atoms with E-state index in [0.717, 1.165) is 30.8 Å². The van der Waals surface area contributed by atoms with Gasteiger partial charge in [0, 0.05) is 11.4 Å². The molecule has 2 aromatic rings. The minimum Gasteiger partial charge on any atom is -0.351 e. The van der Waals surface area contributed by atoms with Gasteiger partial charge in [-0.1, -0.05) is 24.2 Å². The average Bonchev–Trinajstić information content (AvgIpc) is 3.04. The summed E-state index contributed by atoms with van der Waals surface area (Å²) in [5.41, 5.74) is 0.867. The molecule has 2 heterocycles. The number of rotatable bonds is 6. The van der Waals surface area contributed by atoms with Crippen LogP contribution in [-0.2, 0) is 5.75 Å². The van der Waals surface area contributed by atoms with Crippen LogP contribution in [0.4, 0.5) is 0 Å². The van der Waals surface area contributed by atoms with Crippen LogP contribution >= 0.6 is 11.8 Å². The van der Waals surface area contributed by atoms with Crippen molar-refractivity contribution in [2.45, 2.75) is 37.3 Å². The van der Waals surface area contributed by atoms with Gasteiger partial charge in [0.1, 0.15) is 0 Å². The Balaban J connectivity index is 1.62. The predicted octanol–water partition coefficient (Wildman–Crippen LogP) is 2.79. The number of thioether (sulfide) groups is 1. The number of amides is 1. The molecule has 1 fully saturated rings. The van der Waals surface area contributed by atoms with Crippen LogP contribution in [0.25, 0.3) is 0 Å². The van der Waals surface area contributed by atoms with Crippen molar-refractivity contribution in [3.05, 3.63) is 41.5 Å². The monoisotopic (exact) mass is 360 g/mol. The largest absolute Gasteiger partial charge is 0.351 e. The fourth-order valence-electron chi connectivity index (χ4n) is 2.91. The maximum atomic E-state index is 12.7. The molecule has 1 saturated heterocycles. The van der Waals surface area contributed by atoms with Gasteiger partial charge in [0.05, 0.1) is 11.3 Å². The van der Waals surface area contributed by atoms with E-state index in [1.54, 1.807) is 6.92 Å². The van der Waals surface area contributed by atoms with E-state index in [2.05, 4.69) is 27.7 Å². The van der Waals surface area contributed by atoms with Crippen LogP contribution in [0.2, 0.25) is 0 Å². The predicted molar refractivity (Wildman–Crippen MR) is 97.6 cm³/mol. The lowest BCUT2D eigenvalue weighted by atomic mass is 9.81. The Kier molecular flexibility index (Phi) is 5.75. The summed E-state index contributed by atoms with van der Waals surface area (Å²) in [7, 11) is 0. The summed E-state index contributed by atoms with van der Waals surface area (Å²) in [5.74, 6) is 1.72. The van der Waals surface area contributed by atoms with Gasteiger partial charge in [-0.3, -0.25) is 4.79 Å². The van der Waals surface area contributed by atoms with Crippen LogP contribution in [0, 0.1) is 12.3 Å². The molecule has 134 valence electrons. The van der Waals surface area contributed by atoms with Crippen LogP contribution in [0.1, 0.15) is 41.8 Å². The first-order valence-electron chi connectivity index (χ1n) is 8.56. The first kappa shape index (κ1) is 17.9. The molecule has 1 amide bonds. The Morgan fingerprint density at radius 2 is 2.12 bits per heavy atom. The molecule has 25 heavy (non-hydrogen) atoms. The van der Waals surface area contributed by atoms with Gasteiger partial charge >= 0.3 is 0 Å². The summed E-state index contributed by atoms with van der Waals surface area (Å²) in [4.78, 5) is 17.8. The molecule has 0 bridgehead atoms. The van der Waals surface area contributed by atoms with Crippen LogP contribution in [0.3, 0.4) is 0 Å². The molecule has 1 aromatic heterocycles. The Morgan fingerprint density at radius 1 is 1.36 bits per heavy atom. The number of nitrogens with one attached hydrogen (secondary N) is 2. The van der Waals surface area contributed by atoms with Crippen molar-refractivity contribution < 1.29 is 9.32 Å². The molecule has 1 aliphatic heterocycles. The molecular formula is C18H24N4O2S. The summed E-state index contributed by atoms with van der Waals surface area (Å²) in [6, 6.07) is 7.64. The Bertz CT molecular complexity index is 725. The quantitative estimate of drug-likeness (QED) is 0.771. The van der Waals surface area contributed by atoms with E-state index in [9.17, 15) is 4.79 Å². The van der Waals surface area contributed by atoms with Crippen LogP contribution < -0.4 is 10.6 Å². The van der Waals surface area contributed by atoms with Crippen LogP contribution in [0.15, 0.2) is 33.7 Å². The normalized spacial score (nSPS) is 16.6. The van der Waals surface area contributed by atoms with E-state index < -0.39 is 0 Å². The summed E-state index contributed by atoms with van der Waals surface area (Å²) in [6.07, 6.45) is 2.17. The van der Waals surface area contributed by atoms with E-state index in [1.807, 2.05) is 24.3 Å². The second-order valence-electron chi connectivity index (χ2n) is 6.76. The number of aryl methyl sites for hydroxylation is 1. The van der Waals surface area contributed by atoms with E-state index in [0.29, 0.717) is 29.6 Å². The molecule has 0 radical (unpaired) electrons. The zero-order valence-electron chi connectivity index (χ0n) is 14.7. The SMILES string of the molecule is Cc1noc(CSc2ccccc2C(=O)NCC2(C)CCNCC2)n1. The number of hydrogen-bond acceptors (Lipinski definition) is 6. The second-order valence-corrected chi connectivity index (χ2v) is 7.78. The third-order valence-electron chi connectivity index (χ3n) is 4.54. The maximum absolute atomic E-state index is 12.7. The second kappa shape index (κ2) is 8.01. The van der Waals surface area contributed by atoms with E-state index in [4.69, 9.17) is 4.52 Å². The van der Waals surface area contributed by atoms with E-state index in [-0.39, 0.29) is 11.3 Å². The Morgan fingerprint density at radius 3 is 2.84 bits per heavy atom. The molecule has 0 aliphatic carbocycles. The van der Waals surface area contributed by atoms with E-state index in [1.165, 1.54) is 11.8 Å². The summed E-state index contributed by atoms with van der Waals surface area (Å²) >= 11 is 1.54. The molecule has 3 rings (SSSR count). The minimum atomic E-state index is -0.0235. The van der Waals surface area contributed by atoms with Gasteiger partial charge in [0.15, 0.2) is 5.82 Å². The van der Waals surface area contributed by atoms with Crippen molar-refractivity contribution in [1.82, 2.24) is 20.8 Å². The average molecular weight is 360 g/mol. The van der Waals surface area contributed by atoms with Gasteiger partial charge in [0.2, 0.25) is 5.89 Å². The lowest BCUT2D eigenvalue weighted by Gasteiger charge is -2.34. The standard InChI is InChI=1S/C18H24N4O2S/c1-13-21-16(24-22-13)11-25-15-6-4-3-5-14(15)17(23)20-12-18(2)7-9-19-10-8-18/h3-6,19H,7-12H2,1-2H3,(H,20,23). The Labute approximate surface area is 152 Å². The molecule has 7 heteroatoms. The summed E-state index contributed by atoms with van der Waals surface area (Å²) in [5, 5.41) is 10.3. The van der Waals surface area contributed by atoms with Crippen molar-refractivity contribution >= 4 is 17.7 Å².